The number of nitrogens with zero attached hydrogens (tertiary/aromatic N) is 1. The van der Waals surface area contributed by atoms with Crippen LogP contribution in [0.1, 0.15) is 17.4 Å². The van der Waals surface area contributed by atoms with E-state index in [9.17, 15) is 18.0 Å². The van der Waals surface area contributed by atoms with E-state index in [0.717, 1.165) is 5.39 Å². The summed E-state index contributed by atoms with van der Waals surface area (Å²) in [5.41, 5.74) is 1.17. The van der Waals surface area contributed by atoms with Gasteiger partial charge in [0, 0.05) is 17.6 Å². The van der Waals surface area contributed by atoms with Gasteiger partial charge in [0.25, 0.3) is 5.91 Å². The zero-order chi connectivity index (χ0) is 15.5. The molecule has 21 heavy (non-hydrogen) atoms. The molecule has 0 saturated heterocycles. The smallest absolute Gasteiger partial charge is 0.385 e. The maximum Gasteiger partial charge on any atom is 0.405 e. The Bertz CT molecular complexity index is 655. The fourth-order valence-corrected chi connectivity index (χ4v) is 1.90. The number of hydrogen-bond acceptors (Lipinski definition) is 3. The quantitative estimate of drug-likeness (QED) is 0.912. The Morgan fingerprint density at radius 3 is 2.67 bits per heavy atom. The highest BCUT2D eigenvalue weighted by atomic mass is 19.4. The van der Waals surface area contributed by atoms with E-state index in [2.05, 4.69) is 10.3 Å². The largest absolute Gasteiger partial charge is 0.405 e. The van der Waals surface area contributed by atoms with Crippen LogP contribution in [0.4, 0.5) is 18.9 Å². The number of fused-ring (bicyclic) bond motifs is 1. The predicted molar refractivity (Wildman–Crippen MR) is 74.3 cm³/mol. The lowest BCUT2D eigenvalue weighted by atomic mass is 10.1. The van der Waals surface area contributed by atoms with Crippen molar-refractivity contribution in [2.24, 2.45) is 0 Å². The van der Waals surface area contributed by atoms with Gasteiger partial charge in [-0.1, -0.05) is 18.2 Å². The molecule has 2 N–H and O–H groups in total. The summed E-state index contributed by atoms with van der Waals surface area (Å²) in [5.74, 6) is -0.850. The molecular formula is C14H14F3N3O. The van der Waals surface area contributed by atoms with E-state index in [-0.39, 0.29) is 5.69 Å². The van der Waals surface area contributed by atoms with Gasteiger partial charge in [-0.25, -0.2) is 4.98 Å². The molecule has 4 nitrogen and oxygen atoms in total. The molecule has 0 aliphatic heterocycles. The number of hydrogen-bond donors (Lipinski definition) is 2. The number of para-hydroxylation sites is 1. The molecule has 1 aromatic carbocycles. The third kappa shape index (κ3) is 3.84. The number of carbonyl (C=O) groups excluding carboxylic acids is 1. The van der Waals surface area contributed by atoms with Gasteiger partial charge >= 0.3 is 6.18 Å². The average Bonchev–Trinajstić information content (AvgIpc) is 2.44. The number of anilines is 1. The Labute approximate surface area is 119 Å². The number of alkyl halides is 3. The van der Waals surface area contributed by atoms with E-state index in [1.165, 1.54) is 6.07 Å². The summed E-state index contributed by atoms with van der Waals surface area (Å²) in [4.78, 5) is 15.9. The van der Waals surface area contributed by atoms with Crippen LogP contribution in [0.3, 0.4) is 0 Å². The van der Waals surface area contributed by atoms with E-state index < -0.39 is 18.6 Å². The van der Waals surface area contributed by atoms with Crippen LogP contribution in [0.5, 0.6) is 0 Å². The molecular weight excluding hydrogens is 283 g/mol. The summed E-state index contributed by atoms with van der Waals surface area (Å²) in [6.45, 7) is 1.13. The first-order valence-electron chi connectivity index (χ1n) is 6.39. The number of pyridine rings is 1. The number of carbonyl (C=O) groups is 1. The van der Waals surface area contributed by atoms with Crippen LogP contribution in [0, 0.1) is 0 Å². The lowest BCUT2D eigenvalue weighted by molar-refractivity contribution is -0.123. The van der Waals surface area contributed by atoms with Crippen molar-refractivity contribution >= 4 is 22.5 Å². The van der Waals surface area contributed by atoms with E-state index in [4.69, 9.17) is 0 Å². The van der Waals surface area contributed by atoms with Gasteiger partial charge in [-0.2, -0.15) is 13.2 Å². The van der Waals surface area contributed by atoms with Gasteiger partial charge in [-0.15, -0.1) is 0 Å². The van der Waals surface area contributed by atoms with Crippen molar-refractivity contribution < 1.29 is 18.0 Å². The van der Waals surface area contributed by atoms with Gasteiger partial charge in [0.2, 0.25) is 0 Å². The van der Waals surface area contributed by atoms with Crippen molar-refractivity contribution in [1.82, 2.24) is 10.3 Å². The highest BCUT2D eigenvalue weighted by Crippen LogP contribution is 2.23. The molecule has 0 aliphatic rings. The van der Waals surface area contributed by atoms with Crippen molar-refractivity contribution in [1.29, 1.82) is 0 Å². The molecule has 2 rings (SSSR count). The molecule has 0 fully saturated rings. The van der Waals surface area contributed by atoms with Crippen LogP contribution < -0.4 is 10.6 Å². The van der Waals surface area contributed by atoms with E-state index in [0.29, 0.717) is 17.7 Å². The Morgan fingerprint density at radius 1 is 1.29 bits per heavy atom. The van der Waals surface area contributed by atoms with Gasteiger partial charge in [0.15, 0.2) is 0 Å². The zero-order valence-electron chi connectivity index (χ0n) is 11.3. The second-order valence-corrected chi connectivity index (χ2v) is 4.40. The third-order valence-electron chi connectivity index (χ3n) is 2.77. The molecule has 1 heterocycles. The molecule has 1 amide bonds. The van der Waals surface area contributed by atoms with E-state index >= 15 is 0 Å². The lowest BCUT2D eigenvalue weighted by Gasteiger charge is -2.11. The first kappa shape index (κ1) is 15.1. The molecule has 1 aromatic heterocycles. The minimum Gasteiger partial charge on any atom is -0.385 e. The van der Waals surface area contributed by atoms with Gasteiger partial charge in [-0.05, 0) is 19.1 Å². The first-order chi connectivity index (χ1) is 9.90. The molecule has 112 valence electrons. The second kappa shape index (κ2) is 5.99. The number of amides is 1. The van der Waals surface area contributed by atoms with Crippen molar-refractivity contribution in [3.8, 4) is 0 Å². The van der Waals surface area contributed by atoms with Crippen molar-refractivity contribution in [3.63, 3.8) is 0 Å². The van der Waals surface area contributed by atoms with Crippen LogP contribution in [0.25, 0.3) is 10.9 Å². The Balaban J connectivity index is 2.33. The summed E-state index contributed by atoms with van der Waals surface area (Å²) in [6, 6.07) is 8.57. The minimum atomic E-state index is -4.45. The Morgan fingerprint density at radius 2 is 2.00 bits per heavy atom. The molecule has 0 saturated carbocycles. The minimum absolute atomic E-state index is 0.0473. The molecule has 7 heteroatoms. The van der Waals surface area contributed by atoms with Crippen LogP contribution in [0.2, 0.25) is 0 Å². The monoisotopic (exact) mass is 297 g/mol. The summed E-state index contributed by atoms with van der Waals surface area (Å²) in [5, 5.41) is 5.71. The van der Waals surface area contributed by atoms with Gasteiger partial charge in [0.05, 0.1) is 5.52 Å². The van der Waals surface area contributed by atoms with Crippen molar-refractivity contribution in [2.45, 2.75) is 13.1 Å². The summed E-state index contributed by atoms with van der Waals surface area (Å²) in [7, 11) is 0. The van der Waals surface area contributed by atoms with Crippen LogP contribution in [-0.2, 0) is 0 Å². The molecule has 0 radical (unpaired) electrons. The van der Waals surface area contributed by atoms with Crippen LogP contribution in [-0.4, -0.2) is 30.2 Å². The topological polar surface area (TPSA) is 54.0 Å². The zero-order valence-corrected chi connectivity index (χ0v) is 11.3. The normalized spacial score (nSPS) is 11.4. The number of benzene rings is 1. The summed E-state index contributed by atoms with van der Waals surface area (Å²) < 4.78 is 36.4. The van der Waals surface area contributed by atoms with Gasteiger partial charge < -0.3 is 10.6 Å². The second-order valence-electron chi connectivity index (χ2n) is 4.40. The third-order valence-corrected chi connectivity index (χ3v) is 2.77. The van der Waals surface area contributed by atoms with Crippen molar-refractivity contribution in [2.75, 3.05) is 18.4 Å². The standard InChI is InChI=1S/C14H14F3N3O/c1-2-18-11-7-12(13(21)19-8-14(15,16)17)20-10-6-4-3-5-9(10)11/h3-7H,2,8H2,1H3,(H,18,20)(H,19,21). The molecule has 0 spiro atoms. The first-order valence-corrected chi connectivity index (χ1v) is 6.39. The van der Waals surface area contributed by atoms with Crippen LogP contribution >= 0.6 is 0 Å². The fourth-order valence-electron chi connectivity index (χ4n) is 1.90. The highest BCUT2D eigenvalue weighted by molar-refractivity contribution is 5.99. The maximum atomic E-state index is 12.1. The van der Waals surface area contributed by atoms with Gasteiger partial charge in [-0.3, -0.25) is 4.79 Å². The van der Waals surface area contributed by atoms with E-state index in [1.54, 1.807) is 12.1 Å². The number of rotatable bonds is 4. The molecule has 0 unspecified atom stereocenters. The summed E-state index contributed by atoms with van der Waals surface area (Å²) >= 11 is 0. The fraction of sp³-hybridized carbons (Fsp3) is 0.286. The molecule has 0 atom stereocenters. The summed E-state index contributed by atoms with van der Waals surface area (Å²) in [6.07, 6.45) is -4.45. The predicted octanol–water partition coefficient (Wildman–Crippen LogP) is 2.96. The number of aromatic nitrogens is 1. The Kier molecular flexibility index (Phi) is 4.30. The Hall–Kier alpha value is -2.31. The lowest BCUT2D eigenvalue weighted by Crippen LogP contribution is -2.34. The highest BCUT2D eigenvalue weighted by Gasteiger charge is 2.28. The van der Waals surface area contributed by atoms with E-state index in [1.807, 2.05) is 24.4 Å². The maximum absolute atomic E-state index is 12.1. The molecule has 2 aromatic rings. The van der Waals surface area contributed by atoms with Gasteiger partial charge in [0.1, 0.15) is 12.2 Å². The van der Waals surface area contributed by atoms with Crippen LogP contribution in [0.15, 0.2) is 30.3 Å². The molecule has 0 bridgehead atoms. The average molecular weight is 297 g/mol. The molecule has 0 aliphatic carbocycles. The number of nitrogens with one attached hydrogen (secondary N) is 2. The SMILES string of the molecule is CCNc1cc(C(=O)NCC(F)(F)F)nc2ccccc12. The van der Waals surface area contributed by atoms with Crippen molar-refractivity contribution in [3.05, 3.63) is 36.0 Å². The number of halogens is 3.